The van der Waals surface area contributed by atoms with Gasteiger partial charge >= 0.3 is 0 Å². The molecular formula is C12H13ClN2OS. The maximum Gasteiger partial charge on any atom is 0.141 e. The minimum Gasteiger partial charge on any atom is -0.487 e. The fourth-order valence-electron chi connectivity index (χ4n) is 1.57. The Balaban J connectivity index is 2.20. The first-order chi connectivity index (χ1) is 8.09. The molecule has 0 aliphatic rings. The molecule has 0 aliphatic carbocycles. The molecule has 2 rings (SSSR count). The van der Waals surface area contributed by atoms with Crippen molar-refractivity contribution in [2.24, 2.45) is 0 Å². The normalized spacial score (nSPS) is 10.6. The summed E-state index contributed by atoms with van der Waals surface area (Å²) in [7, 11) is 0. The van der Waals surface area contributed by atoms with Gasteiger partial charge in [0, 0.05) is 11.5 Å². The molecule has 0 unspecified atom stereocenters. The fraction of sp³-hybridized carbons (Fsp3) is 0.333. The Labute approximate surface area is 110 Å². The van der Waals surface area contributed by atoms with Gasteiger partial charge < -0.3 is 4.74 Å². The van der Waals surface area contributed by atoms with Gasteiger partial charge in [-0.3, -0.25) is 0 Å². The van der Waals surface area contributed by atoms with Crippen molar-refractivity contribution < 1.29 is 4.74 Å². The van der Waals surface area contributed by atoms with Crippen LogP contribution in [-0.4, -0.2) is 9.59 Å². The Kier molecular flexibility index (Phi) is 3.64. The van der Waals surface area contributed by atoms with Crippen LogP contribution >= 0.6 is 23.1 Å². The molecule has 1 aromatic heterocycles. The molecule has 0 spiro atoms. The van der Waals surface area contributed by atoms with Crippen LogP contribution in [0.15, 0.2) is 12.1 Å². The molecule has 0 radical (unpaired) electrons. The van der Waals surface area contributed by atoms with Crippen molar-refractivity contribution in [3.63, 3.8) is 0 Å². The maximum absolute atomic E-state index is 5.93. The number of nitrogens with zero attached hydrogens (tertiary/aromatic N) is 2. The van der Waals surface area contributed by atoms with Gasteiger partial charge in [-0.05, 0) is 37.5 Å². The molecule has 0 aliphatic heterocycles. The lowest BCUT2D eigenvalue weighted by atomic mass is 10.1. The van der Waals surface area contributed by atoms with Gasteiger partial charge in [0.15, 0.2) is 0 Å². The van der Waals surface area contributed by atoms with Gasteiger partial charge in [0.05, 0.1) is 0 Å². The van der Waals surface area contributed by atoms with Crippen molar-refractivity contribution in [1.82, 2.24) is 9.59 Å². The van der Waals surface area contributed by atoms with Crippen molar-refractivity contribution in [3.8, 4) is 5.75 Å². The van der Waals surface area contributed by atoms with Crippen LogP contribution in [0.5, 0.6) is 5.75 Å². The van der Waals surface area contributed by atoms with Crippen LogP contribution in [0.25, 0.3) is 0 Å². The molecule has 0 saturated heterocycles. The van der Waals surface area contributed by atoms with E-state index in [0.29, 0.717) is 16.6 Å². The van der Waals surface area contributed by atoms with Crippen LogP contribution in [0.4, 0.5) is 0 Å². The maximum atomic E-state index is 5.93. The molecule has 2 aromatic rings. The van der Waals surface area contributed by atoms with E-state index in [1.54, 1.807) is 0 Å². The molecule has 0 amide bonds. The van der Waals surface area contributed by atoms with E-state index in [-0.39, 0.29) is 0 Å². The predicted octanol–water partition coefficient (Wildman–Crippen LogP) is 3.70. The Hall–Kier alpha value is -1.13. The number of hydrogen-bond donors (Lipinski definition) is 0. The summed E-state index contributed by atoms with van der Waals surface area (Å²) in [6.07, 6.45) is 0. The van der Waals surface area contributed by atoms with Crippen molar-refractivity contribution in [2.75, 3.05) is 0 Å². The summed E-state index contributed by atoms with van der Waals surface area (Å²) in [4.78, 5) is 0. The summed E-state index contributed by atoms with van der Waals surface area (Å²) in [5.41, 5.74) is 4.18. The van der Waals surface area contributed by atoms with Crippen molar-refractivity contribution in [3.05, 3.63) is 38.9 Å². The molecule has 1 aromatic carbocycles. The number of rotatable bonds is 3. The van der Waals surface area contributed by atoms with Gasteiger partial charge in [0.2, 0.25) is 0 Å². The number of halogens is 1. The Bertz CT molecular complexity index is 539. The molecular weight excluding hydrogens is 256 g/mol. The second-order valence-corrected chi connectivity index (χ2v) is 5.29. The molecule has 3 nitrogen and oxygen atoms in total. The first kappa shape index (κ1) is 12.3. The monoisotopic (exact) mass is 268 g/mol. The summed E-state index contributed by atoms with van der Waals surface area (Å²) in [6.45, 7) is 6.51. The summed E-state index contributed by atoms with van der Waals surface area (Å²) >= 11 is 7.11. The third kappa shape index (κ3) is 2.58. The van der Waals surface area contributed by atoms with Crippen LogP contribution in [0.1, 0.15) is 22.4 Å². The molecule has 0 fully saturated rings. The lowest BCUT2D eigenvalue weighted by Gasteiger charge is -2.12. The first-order valence-electron chi connectivity index (χ1n) is 5.26. The van der Waals surface area contributed by atoms with E-state index in [2.05, 4.69) is 35.6 Å². The molecule has 5 heteroatoms. The quantitative estimate of drug-likeness (QED) is 0.851. The number of ether oxygens (including phenoxy) is 1. The fourth-order valence-corrected chi connectivity index (χ4v) is 2.17. The highest BCUT2D eigenvalue weighted by molar-refractivity contribution is 7.10. The molecule has 0 bridgehead atoms. The van der Waals surface area contributed by atoms with E-state index >= 15 is 0 Å². The summed E-state index contributed by atoms with van der Waals surface area (Å²) in [6, 6.07) is 4.15. The van der Waals surface area contributed by atoms with Crippen LogP contribution in [0.2, 0.25) is 4.34 Å². The standard InChI is InChI=1S/C12H13ClN2OS/c1-7-4-5-8(2)11(9(7)3)16-6-10-12(13)17-15-14-10/h4-5H,6H2,1-3H3. The molecule has 17 heavy (non-hydrogen) atoms. The van der Waals surface area contributed by atoms with Crippen LogP contribution in [-0.2, 0) is 6.61 Å². The Morgan fingerprint density at radius 3 is 2.59 bits per heavy atom. The largest absolute Gasteiger partial charge is 0.487 e. The minimum atomic E-state index is 0.362. The van der Waals surface area contributed by atoms with Crippen molar-refractivity contribution in [2.45, 2.75) is 27.4 Å². The highest BCUT2D eigenvalue weighted by Gasteiger charge is 2.10. The van der Waals surface area contributed by atoms with E-state index in [9.17, 15) is 0 Å². The van der Waals surface area contributed by atoms with Gasteiger partial charge in [0.25, 0.3) is 0 Å². The van der Waals surface area contributed by atoms with E-state index < -0.39 is 0 Å². The third-order valence-electron chi connectivity index (χ3n) is 2.74. The first-order valence-corrected chi connectivity index (χ1v) is 6.41. The second-order valence-electron chi connectivity index (χ2n) is 3.94. The number of aryl methyl sites for hydroxylation is 2. The Morgan fingerprint density at radius 1 is 1.24 bits per heavy atom. The summed E-state index contributed by atoms with van der Waals surface area (Å²) < 4.78 is 10.2. The number of aromatic nitrogens is 2. The second kappa shape index (κ2) is 5.02. The zero-order valence-electron chi connectivity index (χ0n) is 9.95. The van der Waals surface area contributed by atoms with Crippen LogP contribution in [0.3, 0.4) is 0 Å². The van der Waals surface area contributed by atoms with Gasteiger partial charge in [-0.2, -0.15) is 0 Å². The average molecular weight is 269 g/mol. The smallest absolute Gasteiger partial charge is 0.141 e. The molecule has 0 N–H and O–H groups in total. The van der Waals surface area contributed by atoms with Crippen LogP contribution < -0.4 is 4.74 Å². The minimum absolute atomic E-state index is 0.362. The predicted molar refractivity (Wildman–Crippen MR) is 69.9 cm³/mol. The lowest BCUT2D eigenvalue weighted by Crippen LogP contribution is -2.01. The zero-order valence-corrected chi connectivity index (χ0v) is 11.5. The molecule has 0 atom stereocenters. The van der Waals surface area contributed by atoms with Crippen molar-refractivity contribution in [1.29, 1.82) is 0 Å². The Morgan fingerprint density at radius 2 is 1.94 bits per heavy atom. The lowest BCUT2D eigenvalue weighted by molar-refractivity contribution is 0.297. The van der Waals surface area contributed by atoms with Gasteiger partial charge in [-0.25, -0.2) is 0 Å². The number of benzene rings is 1. The van der Waals surface area contributed by atoms with Gasteiger partial charge in [-0.1, -0.05) is 28.2 Å². The topological polar surface area (TPSA) is 35.0 Å². The summed E-state index contributed by atoms with van der Waals surface area (Å²) in [5, 5.41) is 3.92. The van der Waals surface area contributed by atoms with Crippen molar-refractivity contribution >= 4 is 23.1 Å². The SMILES string of the molecule is Cc1ccc(C)c(OCc2nnsc2Cl)c1C. The van der Waals surface area contributed by atoms with E-state index in [4.69, 9.17) is 16.3 Å². The van der Waals surface area contributed by atoms with Gasteiger partial charge in [-0.15, -0.1) is 5.10 Å². The summed E-state index contributed by atoms with van der Waals surface area (Å²) in [5.74, 6) is 0.911. The highest BCUT2D eigenvalue weighted by atomic mass is 35.5. The highest BCUT2D eigenvalue weighted by Crippen LogP contribution is 2.27. The molecule has 0 saturated carbocycles. The van der Waals surface area contributed by atoms with Crippen LogP contribution in [0, 0.1) is 20.8 Å². The molecule has 1 heterocycles. The van der Waals surface area contributed by atoms with E-state index in [0.717, 1.165) is 16.9 Å². The average Bonchev–Trinajstić information content (AvgIpc) is 2.70. The zero-order chi connectivity index (χ0) is 12.4. The number of hydrogen-bond acceptors (Lipinski definition) is 4. The van der Waals surface area contributed by atoms with Gasteiger partial charge in [0.1, 0.15) is 22.4 Å². The van der Waals surface area contributed by atoms with E-state index in [1.807, 2.05) is 6.92 Å². The third-order valence-corrected chi connectivity index (χ3v) is 3.72. The molecule has 90 valence electrons. The van der Waals surface area contributed by atoms with E-state index in [1.165, 1.54) is 17.1 Å².